The SMILES string of the molecule is O=C1CCCN1c1ccc([N+](=O)[O-])c([O-])c1. The van der Waals surface area contributed by atoms with Gasteiger partial charge in [0.2, 0.25) is 5.91 Å². The molecule has 1 aliphatic heterocycles. The van der Waals surface area contributed by atoms with Crippen molar-refractivity contribution in [2.45, 2.75) is 12.8 Å². The highest BCUT2D eigenvalue weighted by Gasteiger charge is 2.22. The highest BCUT2D eigenvalue weighted by Crippen LogP contribution is 2.30. The molecule has 0 radical (unpaired) electrons. The van der Waals surface area contributed by atoms with Gasteiger partial charge in [-0.15, -0.1) is 0 Å². The molecule has 0 spiro atoms. The van der Waals surface area contributed by atoms with Crippen molar-refractivity contribution in [1.29, 1.82) is 0 Å². The second-order valence-corrected chi connectivity index (χ2v) is 3.56. The van der Waals surface area contributed by atoms with E-state index in [4.69, 9.17) is 0 Å². The van der Waals surface area contributed by atoms with Gasteiger partial charge in [0, 0.05) is 24.7 Å². The van der Waals surface area contributed by atoms with Gasteiger partial charge in [0.05, 0.1) is 4.92 Å². The van der Waals surface area contributed by atoms with Crippen LogP contribution in [0.3, 0.4) is 0 Å². The van der Waals surface area contributed by atoms with Crippen LogP contribution >= 0.6 is 0 Å². The van der Waals surface area contributed by atoms with Gasteiger partial charge >= 0.3 is 0 Å². The predicted molar refractivity (Wildman–Crippen MR) is 54.1 cm³/mol. The van der Waals surface area contributed by atoms with E-state index in [1.165, 1.54) is 11.0 Å². The molecule has 6 heteroatoms. The molecule has 1 amide bonds. The lowest BCUT2D eigenvalue weighted by molar-refractivity contribution is -0.398. The molecule has 16 heavy (non-hydrogen) atoms. The lowest BCUT2D eigenvalue weighted by atomic mass is 10.2. The van der Waals surface area contributed by atoms with E-state index in [2.05, 4.69) is 0 Å². The summed E-state index contributed by atoms with van der Waals surface area (Å²) in [6, 6.07) is 3.72. The summed E-state index contributed by atoms with van der Waals surface area (Å²) in [5, 5.41) is 21.8. The smallest absolute Gasteiger partial charge is 0.261 e. The van der Waals surface area contributed by atoms with Gasteiger partial charge in [-0.3, -0.25) is 14.9 Å². The van der Waals surface area contributed by atoms with Crippen LogP contribution in [0.15, 0.2) is 18.2 Å². The Morgan fingerprint density at radius 2 is 2.12 bits per heavy atom. The van der Waals surface area contributed by atoms with Crippen LogP contribution in [0.5, 0.6) is 5.75 Å². The fourth-order valence-electron chi connectivity index (χ4n) is 1.74. The number of hydrogen-bond acceptors (Lipinski definition) is 4. The minimum atomic E-state index is -0.724. The van der Waals surface area contributed by atoms with Crippen molar-refractivity contribution in [3.8, 4) is 5.75 Å². The minimum absolute atomic E-state index is 0.0479. The summed E-state index contributed by atoms with van der Waals surface area (Å²) in [6.07, 6.45) is 1.22. The average Bonchev–Trinajstić information content (AvgIpc) is 2.63. The standard InChI is InChI=1S/C10H10N2O4/c13-9-6-7(3-4-8(9)12(15)16)11-5-1-2-10(11)14/h3-4,6,13H,1-2,5H2/p-1. The van der Waals surface area contributed by atoms with Crippen LogP contribution in [-0.4, -0.2) is 17.4 Å². The topological polar surface area (TPSA) is 86.5 Å². The highest BCUT2D eigenvalue weighted by molar-refractivity contribution is 5.95. The third-order valence-corrected chi connectivity index (χ3v) is 2.53. The summed E-state index contributed by atoms with van der Waals surface area (Å²) in [7, 11) is 0. The van der Waals surface area contributed by atoms with Crippen molar-refractivity contribution in [3.63, 3.8) is 0 Å². The van der Waals surface area contributed by atoms with Crippen LogP contribution in [0.2, 0.25) is 0 Å². The number of carbonyl (C=O) groups is 1. The van der Waals surface area contributed by atoms with Gasteiger partial charge < -0.3 is 10.0 Å². The summed E-state index contributed by atoms with van der Waals surface area (Å²) in [6.45, 7) is 0.566. The van der Waals surface area contributed by atoms with Gasteiger partial charge in [-0.25, -0.2) is 0 Å². The summed E-state index contributed by atoms with van der Waals surface area (Å²) >= 11 is 0. The van der Waals surface area contributed by atoms with Gasteiger partial charge in [0.15, 0.2) is 0 Å². The van der Waals surface area contributed by atoms with Gasteiger partial charge in [0.1, 0.15) is 0 Å². The quantitative estimate of drug-likeness (QED) is 0.545. The van der Waals surface area contributed by atoms with E-state index >= 15 is 0 Å². The molecule has 1 aromatic rings. The minimum Gasteiger partial charge on any atom is -0.868 e. The van der Waals surface area contributed by atoms with Gasteiger partial charge in [0.25, 0.3) is 5.69 Å². The predicted octanol–water partition coefficient (Wildman–Crippen LogP) is 0.795. The highest BCUT2D eigenvalue weighted by atomic mass is 16.6. The van der Waals surface area contributed by atoms with E-state index in [0.717, 1.165) is 18.6 Å². The number of amides is 1. The monoisotopic (exact) mass is 221 g/mol. The van der Waals surface area contributed by atoms with Gasteiger partial charge in [-0.05, 0) is 24.3 Å². The summed E-state index contributed by atoms with van der Waals surface area (Å²) in [5.74, 6) is -0.713. The Kier molecular flexibility index (Phi) is 2.47. The van der Waals surface area contributed by atoms with E-state index in [1.54, 1.807) is 0 Å². The molecule has 1 aliphatic rings. The Morgan fingerprint density at radius 1 is 1.38 bits per heavy atom. The number of anilines is 1. The van der Waals surface area contributed by atoms with Crippen LogP contribution in [-0.2, 0) is 4.79 Å². The normalized spacial score (nSPS) is 15.5. The molecule has 2 rings (SSSR count). The number of hydrogen-bond donors (Lipinski definition) is 0. The first kappa shape index (κ1) is 10.4. The zero-order valence-corrected chi connectivity index (χ0v) is 8.38. The number of nitro benzene ring substituents is 1. The Bertz CT molecular complexity index is 458. The molecule has 0 aliphatic carbocycles. The van der Waals surface area contributed by atoms with Crippen molar-refractivity contribution in [1.82, 2.24) is 0 Å². The van der Waals surface area contributed by atoms with Gasteiger partial charge in [-0.1, -0.05) is 0 Å². The van der Waals surface area contributed by atoms with E-state index in [0.29, 0.717) is 18.7 Å². The largest absolute Gasteiger partial charge is 0.868 e. The zero-order valence-electron chi connectivity index (χ0n) is 8.38. The van der Waals surface area contributed by atoms with E-state index in [9.17, 15) is 20.0 Å². The first-order chi connectivity index (χ1) is 7.59. The van der Waals surface area contributed by atoms with Crippen LogP contribution in [0.4, 0.5) is 11.4 Å². The van der Waals surface area contributed by atoms with Crippen LogP contribution in [0.1, 0.15) is 12.8 Å². The van der Waals surface area contributed by atoms with Crippen molar-refractivity contribution < 1.29 is 14.8 Å². The Hall–Kier alpha value is -2.11. The molecule has 84 valence electrons. The number of nitro groups is 1. The number of rotatable bonds is 2. The Morgan fingerprint density at radius 3 is 2.62 bits per heavy atom. The summed E-state index contributed by atoms with van der Waals surface area (Å²) in [4.78, 5) is 22.6. The summed E-state index contributed by atoms with van der Waals surface area (Å²) < 4.78 is 0. The fraction of sp³-hybridized carbons (Fsp3) is 0.300. The molecular formula is C10H9N2O4-. The maximum atomic E-state index is 11.4. The van der Waals surface area contributed by atoms with Crippen LogP contribution in [0.25, 0.3) is 0 Å². The first-order valence-corrected chi connectivity index (χ1v) is 4.85. The molecule has 0 atom stereocenters. The second kappa shape index (κ2) is 3.80. The lowest BCUT2D eigenvalue weighted by Gasteiger charge is -2.17. The van der Waals surface area contributed by atoms with Crippen LogP contribution < -0.4 is 10.0 Å². The maximum Gasteiger partial charge on any atom is 0.261 e. The maximum absolute atomic E-state index is 11.4. The average molecular weight is 221 g/mol. The molecule has 0 N–H and O–H groups in total. The Balaban J connectivity index is 2.34. The molecule has 1 aromatic carbocycles. The van der Waals surface area contributed by atoms with E-state index in [1.807, 2.05) is 0 Å². The molecule has 0 bridgehead atoms. The molecule has 0 saturated carbocycles. The molecule has 1 saturated heterocycles. The van der Waals surface area contributed by atoms with Crippen LogP contribution in [0, 0.1) is 10.1 Å². The lowest BCUT2D eigenvalue weighted by Crippen LogP contribution is -2.23. The third-order valence-electron chi connectivity index (χ3n) is 2.53. The van der Waals surface area contributed by atoms with E-state index in [-0.39, 0.29) is 5.91 Å². The molecule has 6 nitrogen and oxygen atoms in total. The third kappa shape index (κ3) is 1.69. The number of benzene rings is 1. The van der Waals surface area contributed by atoms with Gasteiger partial charge in [-0.2, -0.15) is 0 Å². The van der Waals surface area contributed by atoms with Crippen molar-refractivity contribution in [2.24, 2.45) is 0 Å². The first-order valence-electron chi connectivity index (χ1n) is 4.85. The van der Waals surface area contributed by atoms with E-state index < -0.39 is 16.4 Å². The van der Waals surface area contributed by atoms with Crippen molar-refractivity contribution >= 4 is 17.3 Å². The molecule has 1 fully saturated rings. The zero-order chi connectivity index (χ0) is 11.7. The van der Waals surface area contributed by atoms with Crippen molar-refractivity contribution in [2.75, 3.05) is 11.4 Å². The summed E-state index contributed by atoms with van der Waals surface area (Å²) in [5.41, 5.74) is -0.0199. The fourth-order valence-corrected chi connectivity index (χ4v) is 1.74. The number of nitrogens with zero attached hydrogens (tertiary/aromatic N) is 2. The molecule has 0 unspecified atom stereocenters. The molecular weight excluding hydrogens is 212 g/mol. The molecule has 0 aromatic heterocycles. The Labute approximate surface area is 91.3 Å². The molecule has 1 heterocycles. The second-order valence-electron chi connectivity index (χ2n) is 3.56. The number of carbonyl (C=O) groups excluding carboxylic acids is 1. The van der Waals surface area contributed by atoms with Crippen molar-refractivity contribution in [3.05, 3.63) is 28.3 Å².